The van der Waals surface area contributed by atoms with E-state index < -0.39 is 30.4 Å². The monoisotopic (exact) mass is 393 g/mol. The molecule has 0 saturated carbocycles. The van der Waals surface area contributed by atoms with Crippen molar-refractivity contribution in [2.24, 2.45) is 5.41 Å². The lowest BCUT2D eigenvalue weighted by atomic mass is 9.93. The molecule has 0 aliphatic rings. The van der Waals surface area contributed by atoms with Gasteiger partial charge in [-0.3, -0.25) is 14.5 Å². The molecule has 1 amide bonds. The van der Waals surface area contributed by atoms with E-state index in [1.54, 1.807) is 20.8 Å². The fourth-order valence-corrected chi connectivity index (χ4v) is 2.20. The fourth-order valence-electron chi connectivity index (χ4n) is 2.20. The van der Waals surface area contributed by atoms with Gasteiger partial charge < -0.3 is 14.2 Å². The molecule has 0 spiro atoms. The van der Waals surface area contributed by atoms with E-state index in [2.05, 4.69) is 0 Å². The summed E-state index contributed by atoms with van der Waals surface area (Å²) < 4.78 is 15.2. The fraction of sp³-hybridized carbons (Fsp3) is 0.571. The number of hydrogen-bond acceptors (Lipinski definition) is 6. The van der Waals surface area contributed by atoms with Gasteiger partial charge in [0.05, 0.1) is 6.42 Å². The van der Waals surface area contributed by atoms with Crippen LogP contribution in [0.15, 0.2) is 30.3 Å². The lowest BCUT2D eigenvalue weighted by Crippen LogP contribution is -2.49. The molecule has 0 N–H and O–H groups in total. The molecule has 28 heavy (non-hydrogen) atoms. The van der Waals surface area contributed by atoms with Gasteiger partial charge >= 0.3 is 18.0 Å². The third-order valence-electron chi connectivity index (χ3n) is 3.64. The molecule has 0 bridgehead atoms. The van der Waals surface area contributed by atoms with Crippen molar-refractivity contribution in [3.05, 3.63) is 35.9 Å². The summed E-state index contributed by atoms with van der Waals surface area (Å²) >= 11 is 0. The zero-order valence-electron chi connectivity index (χ0n) is 17.6. The van der Waals surface area contributed by atoms with E-state index in [0.717, 1.165) is 5.56 Å². The Hall–Kier alpha value is -2.57. The minimum Gasteiger partial charge on any atom is -0.459 e. The van der Waals surface area contributed by atoms with Crippen LogP contribution in [0.5, 0.6) is 0 Å². The Kier molecular flexibility index (Phi) is 8.47. The second-order valence-corrected chi connectivity index (χ2v) is 8.69. The summed E-state index contributed by atoms with van der Waals surface area (Å²) in [6.07, 6.45) is -0.549. The summed E-state index contributed by atoms with van der Waals surface area (Å²) in [7, 11) is 0. The Morgan fingerprint density at radius 3 is 2.00 bits per heavy atom. The van der Waals surface area contributed by atoms with Crippen LogP contribution in [-0.2, 0) is 30.4 Å². The van der Waals surface area contributed by atoms with Gasteiger partial charge in [0.1, 0.15) is 13.2 Å². The van der Waals surface area contributed by atoms with Crippen molar-refractivity contribution in [3.8, 4) is 0 Å². The molecule has 0 aliphatic carbocycles. The van der Waals surface area contributed by atoms with E-state index in [-0.39, 0.29) is 25.0 Å². The maximum atomic E-state index is 12.4. The van der Waals surface area contributed by atoms with Gasteiger partial charge in [0.25, 0.3) is 0 Å². The molecule has 1 aromatic carbocycles. The quantitative estimate of drug-likeness (QED) is 0.516. The van der Waals surface area contributed by atoms with Crippen LogP contribution in [0.1, 0.15) is 53.5 Å². The number of carbonyl (C=O) groups is 3. The molecule has 0 unspecified atom stereocenters. The summed E-state index contributed by atoms with van der Waals surface area (Å²) in [4.78, 5) is 37.5. The van der Waals surface area contributed by atoms with Gasteiger partial charge in [0.15, 0.2) is 0 Å². The van der Waals surface area contributed by atoms with Crippen molar-refractivity contribution < 1.29 is 28.6 Å². The van der Waals surface area contributed by atoms with Gasteiger partial charge in [-0.25, -0.2) is 4.79 Å². The van der Waals surface area contributed by atoms with Crippen LogP contribution in [0, 0.1) is 5.41 Å². The van der Waals surface area contributed by atoms with Gasteiger partial charge in [-0.1, -0.05) is 51.1 Å². The first kappa shape index (κ1) is 23.5. The van der Waals surface area contributed by atoms with Crippen LogP contribution < -0.4 is 0 Å². The number of amides is 1. The van der Waals surface area contributed by atoms with Crippen LogP contribution in [-0.4, -0.2) is 41.8 Å². The molecule has 0 atom stereocenters. The molecule has 0 heterocycles. The second-order valence-electron chi connectivity index (χ2n) is 8.69. The highest BCUT2D eigenvalue weighted by Crippen LogP contribution is 2.19. The van der Waals surface area contributed by atoms with E-state index in [9.17, 15) is 14.4 Å². The number of esters is 2. The Balaban J connectivity index is 2.54. The number of carbonyl (C=O) groups excluding carboxylic acids is 3. The van der Waals surface area contributed by atoms with Crippen molar-refractivity contribution in [2.45, 2.75) is 60.1 Å². The predicted octanol–water partition coefficient (Wildman–Crippen LogP) is 3.90. The zero-order valence-corrected chi connectivity index (χ0v) is 17.6. The normalized spacial score (nSPS) is 11.5. The van der Waals surface area contributed by atoms with Crippen molar-refractivity contribution in [1.29, 1.82) is 0 Å². The van der Waals surface area contributed by atoms with E-state index in [1.807, 2.05) is 51.1 Å². The van der Waals surface area contributed by atoms with Gasteiger partial charge in [-0.15, -0.1) is 0 Å². The number of benzene rings is 1. The largest absolute Gasteiger partial charge is 0.459 e. The highest BCUT2D eigenvalue weighted by atomic mass is 16.7. The summed E-state index contributed by atoms with van der Waals surface area (Å²) in [6.45, 7) is 10.4. The van der Waals surface area contributed by atoms with Crippen LogP contribution in [0.3, 0.4) is 0 Å². The summed E-state index contributed by atoms with van der Waals surface area (Å²) in [5.74, 6) is -1.01. The van der Waals surface area contributed by atoms with Crippen LogP contribution in [0.25, 0.3) is 0 Å². The average Bonchev–Trinajstić information content (AvgIpc) is 2.56. The smallest absolute Gasteiger partial charge is 0.413 e. The number of rotatable bonds is 7. The number of hydrogen-bond donors (Lipinski definition) is 0. The van der Waals surface area contributed by atoms with Crippen molar-refractivity contribution in [2.75, 3.05) is 13.3 Å². The molecular formula is C21H31NO6. The second kappa shape index (κ2) is 10.1. The van der Waals surface area contributed by atoms with Crippen LogP contribution in [0.2, 0.25) is 0 Å². The predicted molar refractivity (Wildman–Crippen MR) is 104 cm³/mol. The molecule has 7 nitrogen and oxygen atoms in total. The third-order valence-corrected chi connectivity index (χ3v) is 3.64. The molecule has 7 heteroatoms. The highest BCUT2D eigenvalue weighted by Gasteiger charge is 2.30. The SMILES string of the molecule is CC(C)(C)CC(=O)OCOC(=O)N(CC(=O)OCc1ccccc1)C(C)(C)C. The minimum absolute atomic E-state index is 0.122. The first-order chi connectivity index (χ1) is 12.9. The molecule has 1 aromatic rings. The van der Waals surface area contributed by atoms with E-state index in [0.29, 0.717) is 0 Å². The first-order valence-electron chi connectivity index (χ1n) is 9.18. The van der Waals surface area contributed by atoms with Gasteiger partial charge in [-0.05, 0) is 31.7 Å². The van der Waals surface area contributed by atoms with Crippen LogP contribution >= 0.6 is 0 Å². The molecule has 0 fully saturated rings. The molecule has 1 rings (SSSR count). The lowest BCUT2D eigenvalue weighted by Gasteiger charge is -2.33. The Labute approximate surface area is 166 Å². The minimum atomic E-state index is -0.757. The summed E-state index contributed by atoms with van der Waals surface area (Å²) in [6, 6.07) is 9.26. The van der Waals surface area contributed by atoms with E-state index >= 15 is 0 Å². The maximum Gasteiger partial charge on any atom is 0.413 e. The average molecular weight is 393 g/mol. The topological polar surface area (TPSA) is 82.1 Å². The van der Waals surface area contributed by atoms with Crippen molar-refractivity contribution in [3.63, 3.8) is 0 Å². The standard InChI is InChI=1S/C21H31NO6/c1-20(2,3)12-17(23)27-15-28-19(25)22(21(4,5)6)13-18(24)26-14-16-10-8-7-9-11-16/h7-11H,12-15H2,1-6H3. The maximum absolute atomic E-state index is 12.4. The van der Waals surface area contributed by atoms with E-state index in [4.69, 9.17) is 14.2 Å². The summed E-state index contributed by atoms with van der Waals surface area (Å²) in [5.41, 5.74) is -0.0502. The number of nitrogens with zero attached hydrogens (tertiary/aromatic N) is 1. The van der Waals surface area contributed by atoms with E-state index in [1.165, 1.54) is 4.90 Å². The van der Waals surface area contributed by atoms with Gasteiger partial charge in [-0.2, -0.15) is 0 Å². The third kappa shape index (κ3) is 9.39. The van der Waals surface area contributed by atoms with Gasteiger partial charge in [0, 0.05) is 5.54 Å². The zero-order chi connectivity index (χ0) is 21.4. The van der Waals surface area contributed by atoms with Crippen LogP contribution in [0.4, 0.5) is 4.79 Å². The van der Waals surface area contributed by atoms with Crippen molar-refractivity contribution >= 4 is 18.0 Å². The Morgan fingerprint density at radius 2 is 1.46 bits per heavy atom. The molecular weight excluding hydrogens is 362 g/mol. The Bertz CT molecular complexity index is 658. The summed E-state index contributed by atoms with van der Waals surface area (Å²) in [5, 5.41) is 0. The lowest BCUT2D eigenvalue weighted by molar-refractivity contribution is -0.156. The molecule has 0 aromatic heterocycles. The van der Waals surface area contributed by atoms with Crippen molar-refractivity contribution in [1.82, 2.24) is 4.90 Å². The van der Waals surface area contributed by atoms with Gasteiger partial charge in [0.2, 0.25) is 6.79 Å². The first-order valence-corrected chi connectivity index (χ1v) is 9.18. The molecule has 0 saturated heterocycles. The molecule has 156 valence electrons. The number of ether oxygens (including phenoxy) is 3. The molecule has 0 aliphatic heterocycles. The Morgan fingerprint density at radius 1 is 0.857 bits per heavy atom. The molecule has 0 radical (unpaired) electrons. The highest BCUT2D eigenvalue weighted by molar-refractivity contribution is 5.78.